The van der Waals surface area contributed by atoms with Gasteiger partial charge in [0.2, 0.25) is 0 Å². The van der Waals surface area contributed by atoms with Gasteiger partial charge in [0.15, 0.2) is 0 Å². The first-order valence-electron chi connectivity index (χ1n) is 4.98. The summed E-state index contributed by atoms with van der Waals surface area (Å²) in [5.41, 5.74) is 2.25. The molecule has 1 heteroatoms. The second-order valence-electron chi connectivity index (χ2n) is 2.83. The van der Waals surface area contributed by atoms with Gasteiger partial charge in [0.05, 0.1) is 6.10 Å². The summed E-state index contributed by atoms with van der Waals surface area (Å²) in [6.07, 6.45) is 0.485. The minimum Gasteiger partial charge on any atom is -0.388 e. The van der Waals surface area contributed by atoms with Gasteiger partial charge >= 0.3 is 0 Å². The highest BCUT2D eigenvalue weighted by atomic mass is 16.3. The van der Waals surface area contributed by atoms with Gasteiger partial charge in [-0.25, -0.2) is 0 Å². The molecule has 1 aromatic carbocycles. The van der Waals surface area contributed by atoms with Crippen LogP contribution in [0, 0.1) is 6.92 Å². The maximum Gasteiger partial charge on any atom is 0.0787 e. The van der Waals surface area contributed by atoms with E-state index >= 15 is 0 Å². The molecule has 0 fully saturated rings. The van der Waals surface area contributed by atoms with Crippen LogP contribution in [0.2, 0.25) is 0 Å². The zero-order chi connectivity index (χ0) is 10.3. The Labute approximate surface area is 81.4 Å². The first kappa shape index (κ1) is 12.2. The number of hydrogen-bond acceptors (Lipinski definition) is 1. The fourth-order valence-corrected chi connectivity index (χ4v) is 1.02. The molecule has 0 amide bonds. The largest absolute Gasteiger partial charge is 0.388 e. The molecule has 0 heterocycles. The van der Waals surface area contributed by atoms with E-state index in [2.05, 4.69) is 0 Å². The first-order valence-corrected chi connectivity index (χ1v) is 4.98. The normalized spacial score (nSPS) is 11.5. The Bertz CT molecular complexity index is 213. The molecule has 1 aromatic rings. The number of benzene rings is 1. The molecule has 0 radical (unpaired) electrons. The van der Waals surface area contributed by atoms with E-state index in [9.17, 15) is 5.11 Å². The Hall–Kier alpha value is -0.820. The number of aryl methyl sites for hydroxylation is 1. The van der Waals surface area contributed by atoms with E-state index in [4.69, 9.17) is 0 Å². The van der Waals surface area contributed by atoms with Crippen molar-refractivity contribution in [2.45, 2.75) is 40.2 Å². The molecule has 0 aliphatic heterocycles. The van der Waals surface area contributed by atoms with Crippen molar-refractivity contribution in [1.29, 1.82) is 0 Å². The van der Waals surface area contributed by atoms with Crippen LogP contribution >= 0.6 is 0 Å². The molecule has 1 nitrogen and oxygen atoms in total. The van der Waals surface area contributed by atoms with E-state index in [1.807, 2.05) is 52.0 Å². The quantitative estimate of drug-likeness (QED) is 0.739. The van der Waals surface area contributed by atoms with E-state index in [0.29, 0.717) is 0 Å². The van der Waals surface area contributed by atoms with Crippen molar-refractivity contribution in [3.63, 3.8) is 0 Å². The highest BCUT2D eigenvalue weighted by molar-refractivity contribution is 5.22. The number of rotatable bonds is 2. The molecule has 74 valence electrons. The molecular weight excluding hydrogens is 160 g/mol. The lowest BCUT2D eigenvalue weighted by Gasteiger charge is -2.07. The Morgan fingerprint density at radius 2 is 1.62 bits per heavy atom. The van der Waals surface area contributed by atoms with Gasteiger partial charge in [0.1, 0.15) is 0 Å². The molecule has 0 spiro atoms. The van der Waals surface area contributed by atoms with Gasteiger partial charge in [-0.3, -0.25) is 0 Å². The molecular formula is C12H20O. The van der Waals surface area contributed by atoms with Crippen LogP contribution < -0.4 is 0 Å². The van der Waals surface area contributed by atoms with Gasteiger partial charge in [-0.2, -0.15) is 0 Å². The van der Waals surface area contributed by atoms with E-state index < -0.39 is 0 Å². The molecule has 1 rings (SSSR count). The molecule has 1 N–H and O–H groups in total. The predicted molar refractivity (Wildman–Crippen MR) is 57.8 cm³/mol. The van der Waals surface area contributed by atoms with Crippen LogP contribution in [-0.2, 0) is 0 Å². The van der Waals surface area contributed by atoms with Crippen LogP contribution in [0.15, 0.2) is 24.3 Å². The van der Waals surface area contributed by atoms with Crippen molar-refractivity contribution in [3.05, 3.63) is 35.4 Å². The van der Waals surface area contributed by atoms with E-state index in [0.717, 1.165) is 12.0 Å². The summed E-state index contributed by atoms with van der Waals surface area (Å²) in [7, 11) is 0. The second kappa shape index (κ2) is 6.67. The summed E-state index contributed by atoms with van der Waals surface area (Å²) in [6, 6.07) is 8.00. The summed E-state index contributed by atoms with van der Waals surface area (Å²) >= 11 is 0. The standard InChI is InChI=1S/C10H14O.C2H6/c1-3-10(11)9-6-4-8(2)5-7-9;1-2/h4-7,10-11H,3H2,1-2H3;1-2H3. The molecule has 0 saturated carbocycles. The van der Waals surface area contributed by atoms with E-state index in [1.54, 1.807) is 0 Å². The lowest BCUT2D eigenvalue weighted by Crippen LogP contribution is -1.93. The number of aliphatic hydroxyl groups excluding tert-OH is 1. The van der Waals surface area contributed by atoms with Gasteiger partial charge in [-0.05, 0) is 18.9 Å². The maximum atomic E-state index is 9.42. The lowest BCUT2D eigenvalue weighted by molar-refractivity contribution is 0.173. The summed E-state index contributed by atoms with van der Waals surface area (Å²) in [6.45, 7) is 8.02. The topological polar surface area (TPSA) is 20.2 Å². The monoisotopic (exact) mass is 180 g/mol. The summed E-state index contributed by atoms with van der Waals surface area (Å²) < 4.78 is 0. The predicted octanol–water partition coefficient (Wildman–Crippen LogP) is 3.46. The number of aliphatic hydroxyl groups is 1. The fourth-order valence-electron chi connectivity index (χ4n) is 1.02. The molecule has 0 aliphatic carbocycles. The summed E-state index contributed by atoms with van der Waals surface area (Å²) in [5, 5.41) is 9.42. The average molecular weight is 180 g/mol. The Balaban J connectivity index is 0.000000671. The van der Waals surface area contributed by atoms with E-state index in [1.165, 1.54) is 5.56 Å². The van der Waals surface area contributed by atoms with Crippen molar-refractivity contribution < 1.29 is 5.11 Å². The molecule has 1 atom stereocenters. The van der Waals surface area contributed by atoms with Crippen LogP contribution in [0.3, 0.4) is 0 Å². The van der Waals surface area contributed by atoms with Crippen molar-refractivity contribution in [3.8, 4) is 0 Å². The molecule has 0 aliphatic rings. The highest BCUT2D eigenvalue weighted by Gasteiger charge is 2.01. The van der Waals surface area contributed by atoms with Crippen molar-refractivity contribution >= 4 is 0 Å². The first-order chi connectivity index (χ1) is 6.24. The molecule has 1 unspecified atom stereocenters. The fraction of sp³-hybridized carbons (Fsp3) is 0.500. The van der Waals surface area contributed by atoms with Gasteiger partial charge < -0.3 is 5.11 Å². The maximum absolute atomic E-state index is 9.42. The van der Waals surface area contributed by atoms with Gasteiger partial charge in [0, 0.05) is 0 Å². The molecule has 13 heavy (non-hydrogen) atoms. The third-order valence-corrected chi connectivity index (χ3v) is 1.85. The van der Waals surface area contributed by atoms with Gasteiger partial charge in [0.25, 0.3) is 0 Å². The molecule has 0 bridgehead atoms. The third-order valence-electron chi connectivity index (χ3n) is 1.85. The zero-order valence-corrected chi connectivity index (χ0v) is 9.04. The van der Waals surface area contributed by atoms with Gasteiger partial charge in [-0.1, -0.05) is 50.6 Å². The Morgan fingerprint density at radius 1 is 1.15 bits per heavy atom. The lowest BCUT2D eigenvalue weighted by atomic mass is 10.1. The smallest absolute Gasteiger partial charge is 0.0787 e. The van der Waals surface area contributed by atoms with E-state index in [-0.39, 0.29) is 6.10 Å². The SMILES string of the molecule is CC.CCC(O)c1ccc(C)cc1. The molecule has 0 aromatic heterocycles. The highest BCUT2D eigenvalue weighted by Crippen LogP contribution is 2.15. The second-order valence-corrected chi connectivity index (χ2v) is 2.83. The van der Waals surface area contributed by atoms with Crippen LogP contribution in [0.1, 0.15) is 44.4 Å². The van der Waals surface area contributed by atoms with Crippen LogP contribution in [0.25, 0.3) is 0 Å². The van der Waals surface area contributed by atoms with Crippen LogP contribution in [0.4, 0.5) is 0 Å². The van der Waals surface area contributed by atoms with Crippen molar-refractivity contribution in [2.75, 3.05) is 0 Å². The summed E-state index contributed by atoms with van der Waals surface area (Å²) in [4.78, 5) is 0. The van der Waals surface area contributed by atoms with Crippen molar-refractivity contribution in [2.24, 2.45) is 0 Å². The Kier molecular flexibility index (Phi) is 6.25. The van der Waals surface area contributed by atoms with Crippen molar-refractivity contribution in [1.82, 2.24) is 0 Å². The van der Waals surface area contributed by atoms with Gasteiger partial charge in [-0.15, -0.1) is 0 Å². The third kappa shape index (κ3) is 4.09. The zero-order valence-electron chi connectivity index (χ0n) is 9.04. The minimum absolute atomic E-state index is 0.296. The van der Waals surface area contributed by atoms with Crippen LogP contribution in [-0.4, -0.2) is 5.11 Å². The van der Waals surface area contributed by atoms with Crippen LogP contribution in [0.5, 0.6) is 0 Å². The number of hydrogen-bond donors (Lipinski definition) is 1. The molecule has 0 saturated heterocycles. The average Bonchev–Trinajstić information content (AvgIpc) is 2.21. The minimum atomic E-state index is -0.296. The Morgan fingerprint density at radius 3 is 2.00 bits per heavy atom. The summed E-state index contributed by atoms with van der Waals surface area (Å²) in [5.74, 6) is 0.